The van der Waals surface area contributed by atoms with Crippen molar-refractivity contribution in [2.24, 2.45) is 5.92 Å². The van der Waals surface area contributed by atoms with Crippen LogP contribution in [-0.4, -0.2) is 40.1 Å². The van der Waals surface area contributed by atoms with Gasteiger partial charge < -0.3 is 20.9 Å². The Bertz CT molecular complexity index is 1500. The van der Waals surface area contributed by atoms with Crippen molar-refractivity contribution >= 4 is 35.1 Å². The van der Waals surface area contributed by atoms with Crippen molar-refractivity contribution < 1.29 is 14.0 Å². The first-order valence-electron chi connectivity index (χ1n) is 13.1. The van der Waals surface area contributed by atoms with Crippen molar-refractivity contribution in [3.63, 3.8) is 0 Å². The Hall–Kier alpha value is -4.92. The zero-order valence-electron chi connectivity index (χ0n) is 21.9. The van der Waals surface area contributed by atoms with Gasteiger partial charge >= 0.3 is 0 Å². The number of hydrogen-bond acceptors (Lipinski definition) is 6. The van der Waals surface area contributed by atoms with Gasteiger partial charge in [-0.25, -0.2) is 14.4 Å². The van der Waals surface area contributed by atoms with Gasteiger partial charge in [-0.2, -0.15) is 0 Å². The maximum atomic E-state index is 14.1. The Balaban J connectivity index is 1.48. The molecular formula is C31H29FN6O2. The molecule has 2 heterocycles. The second-order valence-corrected chi connectivity index (χ2v) is 9.60. The van der Waals surface area contributed by atoms with Crippen LogP contribution in [0.25, 0.3) is 0 Å². The van der Waals surface area contributed by atoms with Crippen LogP contribution in [0, 0.1) is 17.1 Å². The van der Waals surface area contributed by atoms with Crippen molar-refractivity contribution in [1.29, 1.82) is 5.41 Å². The van der Waals surface area contributed by atoms with Gasteiger partial charge in [-0.3, -0.25) is 9.59 Å². The lowest BCUT2D eigenvalue weighted by atomic mass is 9.90. The molecule has 1 aliphatic heterocycles. The monoisotopic (exact) mass is 536 g/mol. The van der Waals surface area contributed by atoms with Gasteiger partial charge in [-0.15, -0.1) is 0 Å². The van der Waals surface area contributed by atoms with E-state index in [4.69, 9.17) is 5.41 Å². The van der Waals surface area contributed by atoms with Crippen LogP contribution in [0.3, 0.4) is 0 Å². The summed E-state index contributed by atoms with van der Waals surface area (Å²) in [5.74, 6) is -1.35. The van der Waals surface area contributed by atoms with Gasteiger partial charge in [0.2, 0.25) is 11.7 Å². The van der Waals surface area contributed by atoms with E-state index in [2.05, 4.69) is 20.6 Å². The molecule has 3 N–H and O–H groups in total. The van der Waals surface area contributed by atoms with Crippen molar-refractivity contribution in [3.05, 3.63) is 114 Å². The third kappa shape index (κ3) is 5.58. The van der Waals surface area contributed by atoms with Crippen LogP contribution in [0.1, 0.15) is 35.1 Å². The van der Waals surface area contributed by atoms with E-state index in [-0.39, 0.29) is 23.6 Å². The molecule has 3 aromatic carbocycles. The Morgan fingerprint density at radius 2 is 1.75 bits per heavy atom. The van der Waals surface area contributed by atoms with Gasteiger partial charge in [-0.05, 0) is 66.9 Å². The second-order valence-electron chi connectivity index (χ2n) is 9.60. The van der Waals surface area contributed by atoms with Gasteiger partial charge in [0.05, 0.1) is 18.0 Å². The molecule has 5 rings (SSSR count). The summed E-state index contributed by atoms with van der Waals surface area (Å²) in [6, 6.07) is 21.9. The summed E-state index contributed by atoms with van der Waals surface area (Å²) in [5, 5.41) is 14.3. The number of amides is 2. The highest BCUT2D eigenvalue weighted by molar-refractivity contribution is 6.02. The van der Waals surface area contributed by atoms with Crippen molar-refractivity contribution in [2.45, 2.75) is 31.8 Å². The van der Waals surface area contributed by atoms with Crippen LogP contribution in [0.2, 0.25) is 0 Å². The smallest absolute Gasteiger partial charge is 0.289 e. The maximum Gasteiger partial charge on any atom is 0.289 e. The van der Waals surface area contributed by atoms with E-state index >= 15 is 0 Å². The SMILES string of the molecule is CC[C@@H]1[C@@H](NC(=O)c2ncccn2)C(Cc2ccccc2)C(=O)N1c1ccc(Nc2ccc(F)cc2)c(C=N)c1. The zero-order chi connectivity index (χ0) is 28.1. The topological polar surface area (TPSA) is 111 Å². The second kappa shape index (κ2) is 11.9. The minimum absolute atomic E-state index is 0.0454. The molecule has 1 saturated heterocycles. The minimum Gasteiger partial charge on any atom is -0.355 e. The number of rotatable bonds is 9. The summed E-state index contributed by atoms with van der Waals surface area (Å²) in [7, 11) is 0. The molecule has 202 valence electrons. The van der Waals surface area contributed by atoms with Gasteiger partial charge in [0.15, 0.2) is 0 Å². The molecule has 3 atom stereocenters. The summed E-state index contributed by atoms with van der Waals surface area (Å²) in [6.45, 7) is 1.98. The first-order chi connectivity index (χ1) is 19.5. The summed E-state index contributed by atoms with van der Waals surface area (Å²) in [5.41, 5.74) is 3.51. The van der Waals surface area contributed by atoms with Crippen molar-refractivity contribution in [2.75, 3.05) is 10.2 Å². The number of halogens is 1. The lowest BCUT2D eigenvalue weighted by Gasteiger charge is -2.28. The number of hydrogen-bond donors (Lipinski definition) is 3. The molecule has 0 spiro atoms. The van der Waals surface area contributed by atoms with Crippen molar-refractivity contribution in [1.82, 2.24) is 15.3 Å². The summed E-state index contributed by atoms with van der Waals surface area (Å²) in [6.07, 6.45) is 5.27. The van der Waals surface area contributed by atoms with Crippen LogP contribution in [-0.2, 0) is 11.2 Å². The number of anilines is 3. The molecule has 1 unspecified atom stereocenters. The Morgan fingerprint density at radius 1 is 1.02 bits per heavy atom. The average Bonchev–Trinajstić information content (AvgIpc) is 3.25. The third-order valence-electron chi connectivity index (χ3n) is 7.11. The van der Waals surface area contributed by atoms with E-state index in [1.807, 2.05) is 43.3 Å². The van der Waals surface area contributed by atoms with Crippen LogP contribution < -0.4 is 15.5 Å². The number of aromatic nitrogens is 2. The lowest BCUT2D eigenvalue weighted by Crippen LogP contribution is -2.47. The quantitative estimate of drug-likeness (QED) is 0.257. The molecule has 0 bridgehead atoms. The fraction of sp³-hybridized carbons (Fsp3) is 0.194. The average molecular weight is 537 g/mol. The van der Waals surface area contributed by atoms with E-state index in [1.165, 1.54) is 30.7 Å². The van der Waals surface area contributed by atoms with Gasteiger partial charge in [-0.1, -0.05) is 37.3 Å². The van der Waals surface area contributed by atoms with E-state index in [0.717, 1.165) is 5.56 Å². The molecule has 0 saturated carbocycles. The summed E-state index contributed by atoms with van der Waals surface area (Å²) < 4.78 is 13.3. The maximum absolute atomic E-state index is 14.1. The molecule has 9 heteroatoms. The fourth-order valence-electron chi connectivity index (χ4n) is 5.21. The zero-order valence-corrected chi connectivity index (χ0v) is 21.9. The standard InChI is InChI=1S/C31H29FN6O2/c1-2-27-28(37-30(39)29-34-15-6-16-35-29)25(17-20-7-4-3-5-8-20)31(40)38(27)24-13-14-26(21(18-24)19-33)36-23-11-9-22(32)10-12-23/h3-16,18-19,25,27-28,33,36H,2,17H2,1H3,(H,37,39)/t25?,27-,28+/m1/s1. The predicted octanol–water partition coefficient (Wildman–Crippen LogP) is 5.14. The highest BCUT2D eigenvalue weighted by Crippen LogP contribution is 2.36. The number of carbonyl (C=O) groups is 2. The van der Waals surface area contributed by atoms with E-state index in [1.54, 1.807) is 35.2 Å². The predicted molar refractivity (Wildman–Crippen MR) is 152 cm³/mol. The fourth-order valence-corrected chi connectivity index (χ4v) is 5.21. The summed E-state index contributed by atoms with van der Waals surface area (Å²) in [4.78, 5) is 37.1. The lowest BCUT2D eigenvalue weighted by molar-refractivity contribution is -0.120. The largest absolute Gasteiger partial charge is 0.355 e. The Morgan fingerprint density at radius 3 is 2.42 bits per heavy atom. The first-order valence-corrected chi connectivity index (χ1v) is 13.1. The molecular weight excluding hydrogens is 507 g/mol. The normalized spacial score (nSPS) is 18.4. The molecule has 1 aliphatic rings. The third-order valence-corrected chi connectivity index (χ3v) is 7.11. The molecule has 4 aromatic rings. The highest BCUT2D eigenvalue weighted by atomic mass is 19.1. The Kier molecular flexibility index (Phi) is 7.91. The van der Waals surface area contributed by atoms with E-state index < -0.39 is 17.9 Å². The van der Waals surface area contributed by atoms with E-state index in [9.17, 15) is 14.0 Å². The van der Waals surface area contributed by atoms with Crippen LogP contribution in [0.5, 0.6) is 0 Å². The summed E-state index contributed by atoms with van der Waals surface area (Å²) >= 11 is 0. The Labute approximate surface area is 231 Å². The number of nitrogens with zero attached hydrogens (tertiary/aromatic N) is 3. The van der Waals surface area contributed by atoms with Gasteiger partial charge in [0, 0.05) is 41.2 Å². The molecule has 0 aliphatic carbocycles. The molecule has 1 aromatic heterocycles. The van der Waals surface area contributed by atoms with Crippen LogP contribution in [0.4, 0.5) is 21.5 Å². The molecule has 1 fully saturated rings. The molecule has 8 nitrogen and oxygen atoms in total. The van der Waals surface area contributed by atoms with Gasteiger partial charge in [0.25, 0.3) is 5.91 Å². The van der Waals surface area contributed by atoms with Crippen molar-refractivity contribution in [3.8, 4) is 0 Å². The van der Waals surface area contributed by atoms with Gasteiger partial charge in [0.1, 0.15) is 5.82 Å². The highest BCUT2D eigenvalue weighted by Gasteiger charge is 2.48. The van der Waals surface area contributed by atoms with Crippen LogP contribution >= 0.6 is 0 Å². The molecule has 40 heavy (non-hydrogen) atoms. The van der Waals surface area contributed by atoms with E-state index in [0.29, 0.717) is 35.5 Å². The number of benzene rings is 3. The minimum atomic E-state index is -0.513. The molecule has 2 amide bonds. The first kappa shape index (κ1) is 26.7. The number of nitrogens with one attached hydrogen (secondary N) is 3. The number of carbonyl (C=O) groups excluding carboxylic acids is 2. The van der Waals surface area contributed by atoms with Crippen LogP contribution in [0.15, 0.2) is 91.3 Å². The molecule has 0 radical (unpaired) electrons.